The van der Waals surface area contributed by atoms with Crippen LogP contribution in [0.3, 0.4) is 0 Å². The number of nitrogens with one attached hydrogen (secondary N) is 1. The second-order valence-electron chi connectivity index (χ2n) is 14.5. The molecule has 302 valence electrons. The van der Waals surface area contributed by atoms with Crippen molar-refractivity contribution in [1.29, 1.82) is 0 Å². The van der Waals surface area contributed by atoms with Gasteiger partial charge in [-0.05, 0) is 66.6 Å². The number of fused-ring (bicyclic) bond motifs is 9. The van der Waals surface area contributed by atoms with Crippen molar-refractivity contribution >= 4 is 52.4 Å². The molecule has 0 atom stereocenters. The van der Waals surface area contributed by atoms with E-state index >= 15 is 0 Å². The Bertz CT molecular complexity index is 3040. The van der Waals surface area contributed by atoms with Crippen LogP contribution in [0, 0.1) is 6.92 Å². The summed E-state index contributed by atoms with van der Waals surface area (Å²) in [6, 6.07) is 19.9. The highest BCUT2D eigenvalue weighted by molar-refractivity contribution is 7.93. The van der Waals surface area contributed by atoms with Gasteiger partial charge in [0.1, 0.15) is 23.0 Å². The molecule has 7 N–H and O–H groups in total. The van der Waals surface area contributed by atoms with Crippen molar-refractivity contribution in [2.45, 2.75) is 47.3 Å². The fourth-order valence-electron chi connectivity index (χ4n) is 7.50. The lowest BCUT2D eigenvalue weighted by atomic mass is 9.90. The van der Waals surface area contributed by atoms with Gasteiger partial charge in [0.25, 0.3) is 30.3 Å². The molecule has 1 aliphatic rings. The van der Waals surface area contributed by atoms with Gasteiger partial charge in [0.05, 0.1) is 14.7 Å². The van der Waals surface area contributed by atoms with Crippen LogP contribution in [0.25, 0.3) is 10.8 Å². The van der Waals surface area contributed by atoms with Gasteiger partial charge in [-0.1, -0.05) is 42.0 Å². The summed E-state index contributed by atoms with van der Waals surface area (Å²) in [5, 5.41) is 47.6. The fraction of sp³-hybridized carbons (Fsp3) is 0.171. The van der Waals surface area contributed by atoms with E-state index in [0.29, 0.717) is 16.3 Å². The van der Waals surface area contributed by atoms with Crippen molar-refractivity contribution in [2.75, 3.05) is 23.7 Å². The standard InChI is InChI=1S/C41H38N2O12S3/c1-22-10-23-12-25-16-31(42-56(48,49)37-9-5-6-34-35(37)7-4-8-36(34)43(2)3)17-26(39(25)45)14-28-19-33(58(53,54)55)21-30(41(28)47)15-29-20-32(57(50,51)52)18-27(40(29)46)13-24(11-22)38(23)44/h4-11,16-21,42,44-47H,12-15H2,1-3H3,(H,50,51,52)(H,53,54,55). The molecule has 6 aromatic carbocycles. The predicted octanol–water partition coefficient (Wildman–Crippen LogP) is 6.01. The first-order valence-electron chi connectivity index (χ1n) is 17.6. The highest BCUT2D eigenvalue weighted by Crippen LogP contribution is 2.41. The monoisotopic (exact) mass is 846 g/mol. The van der Waals surface area contributed by atoms with Gasteiger partial charge in [0, 0.05) is 95.3 Å². The van der Waals surface area contributed by atoms with E-state index in [4.69, 9.17) is 0 Å². The summed E-state index contributed by atoms with van der Waals surface area (Å²) in [4.78, 5) is 0.522. The summed E-state index contributed by atoms with van der Waals surface area (Å²) in [6.45, 7) is 1.73. The number of benzene rings is 6. The molecule has 6 aromatic rings. The van der Waals surface area contributed by atoms with E-state index < -0.39 is 64.4 Å². The molecule has 1 aliphatic carbocycles. The van der Waals surface area contributed by atoms with Crippen LogP contribution >= 0.6 is 0 Å². The number of hydrogen-bond donors (Lipinski definition) is 7. The third-order valence-corrected chi connectivity index (χ3v) is 13.3. The Morgan fingerprint density at radius 3 is 1.28 bits per heavy atom. The molecular weight excluding hydrogens is 809 g/mol. The molecule has 7 rings (SSSR count). The van der Waals surface area contributed by atoms with Crippen LogP contribution in [-0.2, 0) is 55.9 Å². The number of nitrogens with zero attached hydrogens (tertiary/aromatic N) is 1. The van der Waals surface area contributed by atoms with Crippen molar-refractivity contribution in [2.24, 2.45) is 0 Å². The Balaban J connectivity index is 1.46. The van der Waals surface area contributed by atoms with Gasteiger partial charge in [-0.3, -0.25) is 13.8 Å². The lowest BCUT2D eigenvalue weighted by molar-refractivity contribution is 0.449. The average molecular weight is 847 g/mol. The second kappa shape index (κ2) is 14.5. The van der Waals surface area contributed by atoms with Crippen LogP contribution in [-0.4, -0.2) is 68.9 Å². The van der Waals surface area contributed by atoms with Gasteiger partial charge in [-0.2, -0.15) is 16.8 Å². The lowest BCUT2D eigenvalue weighted by Gasteiger charge is -2.20. The van der Waals surface area contributed by atoms with E-state index in [9.17, 15) is 54.8 Å². The molecule has 0 radical (unpaired) electrons. The Labute approximate surface area is 334 Å². The van der Waals surface area contributed by atoms with Crippen molar-refractivity contribution in [3.63, 3.8) is 0 Å². The minimum Gasteiger partial charge on any atom is -0.507 e. The van der Waals surface area contributed by atoms with Crippen LogP contribution < -0.4 is 9.62 Å². The third-order valence-electron chi connectivity index (χ3n) is 10.2. The molecule has 0 fully saturated rings. The first-order chi connectivity index (χ1) is 27.1. The number of rotatable bonds is 6. The van der Waals surface area contributed by atoms with Crippen molar-refractivity contribution in [3.05, 3.63) is 135 Å². The summed E-state index contributed by atoms with van der Waals surface area (Å²) < 4.78 is 101. The largest absolute Gasteiger partial charge is 0.507 e. The molecule has 0 heterocycles. The molecule has 0 amide bonds. The Hall–Kier alpha value is -5.85. The van der Waals surface area contributed by atoms with Crippen LogP contribution in [0.1, 0.15) is 50.1 Å². The third kappa shape index (κ3) is 7.73. The average Bonchev–Trinajstić information content (AvgIpc) is 3.13. The topological polar surface area (TPSA) is 239 Å². The molecule has 17 heteroatoms. The molecule has 58 heavy (non-hydrogen) atoms. The zero-order valence-electron chi connectivity index (χ0n) is 31.2. The molecule has 0 saturated carbocycles. The van der Waals surface area contributed by atoms with E-state index in [1.165, 1.54) is 18.2 Å². The smallest absolute Gasteiger partial charge is 0.294 e. The fourth-order valence-corrected chi connectivity index (χ4v) is 9.93. The zero-order valence-corrected chi connectivity index (χ0v) is 33.7. The number of phenolic OH excluding ortho intramolecular Hbond substituents is 4. The van der Waals surface area contributed by atoms with Crippen LogP contribution in [0.5, 0.6) is 23.0 Å². The highest BCUT2D eigenvalue weighted by Gasteiger charge is 2.26. The Morgan fingerprint density at radius 2 is 0.879 bits per heavy atom. The summed E-state index contributed by atoms with van der Waals surface area (Å²) in [5.41, 5.74) is 1.45. The maximum absolute atomic E-state index is 14.2. The van der Waals surface area contributed by atoms with E-state index in [0.717, 1.165) is 30.0 Å². The maximum Gasteiger partial charge on any atom is 0.294 e. The van der Waals surface area contributed by atoms with Gasteiger partial charge < -0.3 is 25.3 Å². The summed E-state index contributed by atoms with van der Waals surface area (Å²) in [7, 11) is -10.5. The molecule has 14 nitrogen and oxygen atoms in total. The zero-order chi connectivity index (χ0) is 42.1. The van der Waals surface area contributed by atoms with Crippen LogP contribution in [0.2, 0.25) is 0 Å². The van der Waals surface area contributed by atoms with E-state index in [2.05, 4.69) is 4.72 Å². The summed E-state index contributed by atoms with van der Waals surface area (Å²) >= 11 is 0. The minimum absolute atomic E-state index is 0.00900. The number of aryl methyl sites for hydroxylation is 1. The van der Waals surface area contributed by atoms with Gasteiger partial charge in [0.15, 0.2) is 0 Å². The van der Waals surface area contributed by atoms with Gasteiger partial charge in [-0.15, -0.1) is 0 Å². The molecule has 0 unspecified atom stereocenters. The maximum atomic E-state index is 14.2. The first-order valence-corrected chi connectivity index (χ1v) is 22.0. The first kappa shape index (κ1) is 40.4. The molecular formula is C41H38N2O12S3. The van der Waals surface area contributed by atoms with Crippen molar-refractivity contribution in [3.8, 4) is 23.0 Å². The number of aromatic hydroxyl groups is 4. The molecule has 0 saturated heterocycles. The van der Waals surface area contributed by atoms with Crippen LogP contribution in [0.15, 0.2) is 99.6 Å². The molecule has 0 spiro atoms. The molecule has 0 aromatic heterocycles. The van der Waals surface area contributed by atoms with Gasteiger partial charge >= 0.3 is 0 Å². The SMILES string of the molecule is Cc1cc2c(O)c(c1)Cc1cc(S(=O)(=O)O)cc(c1O)Cc1cc(S(=O)(=O)O)cc(c1O)Cc1cc(NS(=O)(=O)c3cccc4c(N(C)C)cccc34)cc(c1O)C2. The number of sulfonamides is 1. The van der Waals surface area contributed by atoms with E-state index in [1.807, 2.05) is 25.1 Å². The predicted molar refractivity (Wildman–Crippen MR) is 217 cm³/mol. The Morgan fingerprint density at radius 1 is 0.517 bits per heavy atom. The van der Waals surface area contributed by atoms with Gasteiger partial charge in [-0.25, -0.2) is 8.42 Å². The second-order valence-corrected chi connectivity index (χ2v) is 19.0. The number of anilines is 2. The van der Waals surface area contributed by atoms with Crippen LogP contribution in [0.4, 0.5) is 11.4 Å². The van der Waals surface area contributed by atoms with Crippen molar-refractivity contribution < 1.29 is 54.8 Å². The quantitative estimate of drug-likeness (QED) is 0.0751. The normalized spacial score (nSPS) is 13.3. The van der Waals surface area contributed by atoms with E-state index in [1.54, 1.807) is 43.3 Å². The van der Waals surface area contributed by atoms with Crippen molar-refractivity contribution in [1.82, 2.24) is 0 Å². The number of phenols is 4. The Kier molecular flexibility index (Phi) is 10.1. The highest BCUT2D eigenvalue weighted by atomic mass is 32.2. The minimum atomic E-state index is -4.95. The summed E-state index contributed by atoms with van der Waals surface area (Å²) in [6.07, 6.45) is -1.43. The van der Waals surface area contributed by atoms with Gasteiger partial charge in [0.2, 0.25) is 0 Å². The summed E-state index contributed by atoms with van der Waals surface area (Å²) in [5.74, 6) is -1.65. The number of hydrogen-bond acceptors (Lipinski definition) is 11. The van der Waals surface area contributed by atoms with E-state index in [-0.39, 0.29) is 79.4 Å². The molecule has 0 aliphatic heterocycles. The lowest BCUT2D eigenvalue weighted by Crippen LogP contribution is -2.15. The molecule has 8 bridgehead atoms.